The lowest BCUT2D eigenvalue weighted by Crippen LogP contribution is -2.33. The van der Waals surface area contributed by atoms with E-state index in [-0.39, 0.29) is 22.7 Å². The zero-order chi connectivity index (χ0) is 17.6. The van der Waals surface area contributed by atoms with Crippen LogP contribution in [0, 0.1) is 0 Å². The van der Waals surface area contributed by atoms with Crippen LogP contribution in [-0.4, -0.2) is 44.5 Å². The number of anilines is 1. The Morgan fingerprint density at radius 1 is 1.13 bits per heavy atom. The molecule has 3 N–H and O–H groups in total. The standard InChI is InChI=1S/C15H23N3O4S/c1-4-9-18(10-5-2)15(20)12-8-6-7-11(14(16)19)13(12)17-23(3,21)22/h6-8,17H,4-5,9-10H2,1-3H3,(H2,16,19). The summed E-state index contributed by atoms with van der Waals surface area (Å²) >= 11 is 0. The van der Waals surface area contributed by atoms with Gasteiger partial charge in [0.05, 0.1) is 23.1 Å². The summed E-state index contributed by atoms with van der Waals surface area (Å²) in [5.41, 5.74) is 5.32. The molecule has 7 nitrogen and oxygen atoms in total. The van der Waals surface area contributed by atoms with Gasteiger partial charge in [0.2, 0.25) is 10.0 Å². The van der Waals surface area contributed by atoms with Crippen LogP contribution in [0.5, 0.6) is 0 Å². The minimum Gasteiger partial charge on any atom is -0.366 e. The van der Waals surface area contributed by atoms with Crippen LogP contribution in [0.15, 0.2) is 18.2 Å². The minimum atomic E-state index is -3.67. The molecular formula is C15H23N3O4S. The van der Waals surface area contributed by atoms with E-state index in [2.05, 4.69) is 4.72 Å². The van der Waals surface area contributed by atoms with Gasteiger partial charge in [-0.1, -0.05) is 19.9 Å². The average molecular weight is 341 g/mol. The van der Waals surface area contributed by atoms with Crippen molar-refractivity contribution in [2.24, 2.45) is 5.73 Å². The zero-order valence-corrected chi connectivity index (χ0v) is 14.4. The van der Waals surface area contributed by atoms with Crippen LogP contribution in [0.3, 0.4) is 0 Å². The van der Waals surface area contributed by atoms with Crippen molar-refractivity contribution >= 4 is 27.5 Å². The van der Waals surface area contributed by atoms with Gasteiger partial charge in [0.25, 0.3) is 11.8 Å². The lowest BCUT2D eigenvalue weighted by Gasteiger charge is -2.23. The Bertz CT molecular complexity index is 680. The van der Waals surface area contributed by atoms with Gasteiger partial charge in [-0.25, -0.2) is 8.42 Å². The van der Waals surface area contributed by atoms with Crippen LogP contribution in [0.2, 0.25) is 0 Å². The second kappa shape index (κ2) is 7.96. The third-order valence-electron chi connectivity index (χ3n) is 3.12. The van der Waals surface area contributed by atoms with Gasteiger partial charge in [-0.2, -0.15) is 0 Å². The van der Waals surface area contributed by atoms with E-state index in [4.69, 9.17) is 5.73 Å². The molecule has 0 heterocycles. The molecule has 0 aliphatic rings. The van der Waals surface area contributed by atoms with Gasteiger partial charge >= 0.3 is 0 Å². The molecule has 8 heteroatoms. The first-order valence-electron chi connectivity index (χ1n) is 7.41. The number of primary amides is 1. The molecule has 2 amide bonds. The number of nitrogens with one attached hydrogen (secondary N) is 1. The summed E-state index contributed by atoms with van der Waals surface area (Å²) in [5, 5.41) is 0. The molecule has 0 aliphatic carbocycles. The van der Waals surface area contributed by atoms with Crippen LogP contribution < -0.4 is 10.5 Å². The largest absolute Gasteiger partial charge is 0.366 e. The van der Waals surface area contributed by atoms with Crippen molar-refractivity contribution in [1.29, 1.82) is 0 Å². The van der Waals surface area contributed by atoms with Crippen LogP contribution in [-0.2, 0) is 10.0 Å². The van der Waals surface area contributed by atoms with Gasteiger partial charge in [-0.05, 0) is 25.0 Å². The van der Waals surface area contributed by atoms with Crippen molar-refractivity contribution < 1.29 is 18.0 Å². The highest BCUT2D eigenvalue weighted by Gasteiger charge is 2.23. The third kappa shape index (κ3) is 5.24. The van der Waals surface area contributed by atoms with Gasteiger partial charge in [0.1, 0.15) is 0 Å². The first-order chi connectivity index (χ1) is 10.7. The fraction of sp³-hybridized carbons (Fsp3) is 0.467. The monoisotopic (exact) mass is 341 g/mol. The van der Waals surface area contributed by atoms with E-state index in [0.29, 0.717) is 13.1 Å². The van der Waals surface area contributed by atoms with E-state index in [0.717, 1.165) is 19.1 Å². The smallest absolute Gasteiger partial charge is 0.256 e. The number of nitrogens with zero attached hydrogens (tertiary/aromatic N) is 1. The SMILES string of the molecule is CCCN(CCC)C(=O)c1cccc(C(N)=O)c1NS(C)(=O)=O. The summed E-state index contributed by atoms with van der Waals surface area (Å²) in [4.78, 5) is 25.9. The molecule has 0 saturated carbocycles. The van der Waals surface area contributed by atoms with E-state index >= 15 is 0 Å². The molecule has 1 rings (SSSR count). The molecule has 1 aromatic rings. The van der Waals surface area contributed by atoms with Crippen molar-refractivity contribution in [3.63, 3.8) is 0 Å². The highest BCUT2D eigenvalue weighted by Crippen LogP contribution is 2.24. The molecule has 0 fully saturated rings. The fourth-order valence-electron chi connectivity index (χ4n) is 2.26. The van der Waals surface area contributed by atoms with Crippen molar-refractivity contribution in [3.8, 4) is 0 Å². The van der Waals surface area contributed by atoms with Gasteiger partial charge in [-0.15, -0.1) is 0 Å². The van der Waals surface area contributed by atoms with E-state index < -0.39 is 15.9 Å². The van der Waals surface area contributed by atoms with Gasteiger partial charge in [0, 0.05) is 13.1 Å². The molecule has 0 saturated heterocycles. The van der Waals surface area contributed by atoms with Gasteiger partial charge in [0.15, 0.2) is 0 Å². The summed E-state index contributed by atoms with van der Waals surface area (Å²) in [6.07, 6.45) is 2.50. The second-order valence-corrected chi connectivity index (χ2v) is 7.01. The van der Waals surface area contributed by atoms with Crippen molar-refractivity contribution in [2.45, 2.75) is 26.7 Å². The molecule has 1 aromatic carbocycles. The summed E-state index contributed by atoms with van der Waals surface area (Å²) in [6, 6.07) is 4.38. The van der Waals surface area contributed by atoms with E-state index in [1.807, 2.05) is 13.8 Å². The summed E-state index contributed by atoms with van der Waals surface area (Å²) in [6.45, 7) is 4.99. The number of hydrogen-bond donors (Lipinski definition) is 2. The Morgan fingerprint density at radius 2 is 1.65 bits per heavy atom. The van der Waals surface area contributed by atoms with E-state index in [9.17, 15) is 18.0 Å². The van der Waals surface area contributed by atoms with Crippen LogP contribution in [0.25, 0.3) is 0 Å². The number of carbonyl (C=O) groups is 2. The Labute approximate surface area is 136 Å². The molecule has 0 unspecified atom stereocenters. The summed E-state index contributed by atoms with van der Waals surface area (Å²) in [5.74, 6) is -1.13. The number of benzene rings is 1. The molecule has 0 aromatic heterocycles. The van der Waals surface area contributed by atoms with Gasteiger partial charge in [-0.3, -0.25) is 14.3 Å². The van der Waals surface area contributed by atoms with Gasteiger partial charge < -0.3 is 10.6 Å². The number of rotatable bonds is 8. The average Bonchev–Trinajstić information content (AvgIpc) is 2.44. The van der Waals surface area contributed by atoms with Crippen molar-refractivity contribution in [1.82, 2.24) is 4.90 Å². The molecule has 0 aliphatic heterocycles. The Kier molecular flexibility index (Phi) is 6.56. The summed E-state index contributed by atoms with van der Waals surface area (Å²) in [7, 11) is -3.67. The minimum absolute atomic E-state index is 0.0331. The second-order valence-electron chi connectivity index (χ2n) is 5.26. The maximum Gasteiger partial charge on any atom is 0.256 e. The quantitative estimate of drug-likeness (QED) is 0.745. The molecular weight excluding hydrogens is 318 g/mol. The van der Waals surface area contributed by atoms with E-state index in [1.54, 1.807) is 4.90 Å². The highest BCUT2D eigenvalue weighted by molar-refractivity contribution is 7.92. The van der Waals surface area contributed by atoms with Crippen LogP contribution in [0.1, 0.15) is 47.4 Å². The number of carbonyl (C=O) groups excluding carboxylic acids is 2. The number of sulfonamides is 1. The Morgan fingerprint density at radius 3 is 2.09 bits per heavy atom. The predicted octanol–water partition coefficient (Wildman–Crippen LogP) is 1.42. The van der Waals surface area contributed by atoms with Crippen LogP contribution >= 0.6 is 0 Å². The number of nitrogens with two attached hydrogens (primary N) is 1. The van der Waals surface area contributed by atoms with Crippen LogP contribution in [0.4, 0.5) is 5.69 Å². The maximum absolute atomic E-state index is 12.7. The number of hydrogen-bond acceptors (Lipinski definition) is 4. The number of amides is 2. The normalized spacial score (nSPS) is 11.1. The fourth-order valence-corrected chi connectivity index (χ4v) is 2.85. The lowest BCUT2D eigenvalue weighted by atomic mass is 10.1. The topological polar surface area (TPSA) is 110 Å². The molecule has 128 valence electrons. The summed E-state index contributed by atoms with van der Waals surface area (Å²) < 4.78 is 25.4. The third-order valence-corrected chi connectivity index (χ3v) is 3.70. The Hall–Kier alpha value is -2.09. The maximum atomic E-state index is 12.7. The molecule has 0 atom stereocenters. The first-order valence-corrected chi connectivity index (χ1v) is 9.30. The molecule has 23 heavy (non-hydrogen) atoms. The molecule has 0 radical (unpaired) electrons. The lowest BCUT2D eigenvalue weighted by molar-refractivity contribution is 0.0756. The van der Waals surface area contributed by atoms with Crippen molar-refractivity contribution in [3.05, 3.63) is 29.3 Å². The Balaban J connectivity index is 3.41. The number of para-hydroxylation sites is 1. The van der Waals surface area contributed by atoms with Crippen molar-refractivity contribution in [2.75, 3.05) is 24.1 Å². The molecule has 0 bridgehead atoms. The predicted molar refractivity (Wildman–Crippen MR) is 89.9 cm³/mol. The van der Waals surface area contributed by atoms with E-state index in [1.165, 1.54) is 18.2 Å². The zero-order valence-electron chi connectivity index (χ0n) is 13.6. The highest BCUT2D eigenvalue weighted by atomic mass is 32.2. The molecule has 0 spiro atoms. The first kappa shape index (κ1) is 19.0.